The van der Waals surface area contributed by atoms with Gasteiger partial charge in [-0.05, 0) is 48.9 Å². The Morgan fingerprint density at radius 3 is 2.31 bits per heavy atom. The summed E-state index contributed by atoms with van der Waals surface area (Å²) in [5.41, 5.74) is 3.71. The summed E-state index contributed by atoms with van der Waals surface area (Å²) in [5.74, 6) is -0.0885. The molecule has 0 unspecified atom stereocenters. The van der Waals surface area contributed by atoms with Crippen LogP contribution in [-0.2, 0) is 14.8 Å². The van der Waals surface area contributed by atoms with Gasteiger partial charge in [0.1, 0.15) is 18.0 Å². The van der Waals surface area contributed by atoms with E-state index >= 15 is 0 Å². The number of nitrogens with zero attached hydrogens (tertiary/aromatic N) is 3. The van der Waals surface area contributed by atoms with Gasteiger partial charge in [0.2, 0.25) is 0 Å². The number of methoxy groups -OCH3 is 2. The molecule has 36 heavy (non-hydrogen) atoms. The summed E-state index contributed by atoms with van der Waals surface area (Å²) in [5, 5.41) is 14.6. The Morgan fingerprint density at radius 1 is 1.06 bits per heavy atom. The van der Waals surface area contributed by atoms with Gasteiger partial charge in [0.25, 0.3) is 21.6 Å². The molecular weight excluding hydrogens is 488 g/mol. The lowest BCUT2D eigenvalue weighted by Gasteiger charge is -2.25. The Morgan fingerprint density at radius 2 is 1.72 bits per heavy atom. The standard InChI is InChI=1S/C24H24N4O7S/c1-17-4-11-21(12-5-17)36(32,33)27(22-13-10-20(34-2)14-23(22)35-3)16-24(29)26-25-15-18-6-8-19(9-7-18)28(30)31/h4-15H,16H2,1-3H3,(H,26,29)/b25-15-. The van der Waals surface area contributed by atoms with Crippen molar-refractivity contribution in [3.05, 3.63) is 88.0 Å². The number of carbonyl (C=O) groups is 1. The summed E-state index contributed by atoms with van der Waals surface area (Å²) in [6.45, 7) is 1.23. The number of anilines is 1. The molecule has 0 atom stereocenters. The van der Waals surface area contributed by atoms with Gasteiger partial charge in [-0.3, -0.25) is 19.2 Å². The molecule has 0 radical (unpaired) electrons. The van der Waals surface area contributed by atoms with Crippen LogP contribution in [-0.4, -0.2) is 46.2 Å². The summed E-state index contributed by atoms with van der Waals surface area (Å²) >= 11 is 0. The van der Waals surface area contributed by atoms with Crippen molar-refractivity contribution in [3.8, 4) is 11.5 Å². The zero-order valence-electron chi connectivity index (χ0n) is 19.7. The maximum Gasteiger partial charge on any atom is 0.269 e. The number of aryl methyl sites for hydroxylation is 1. The summed E-state index contributed by atoms with van der Waals surface area (Å²) < 4.78 is 38.6. The predicted octanol–water partition coefficient (Wildman–Crippen LogP) is 3.27. The molecule has 3 rings (SSSR count). The zero-order valence-corrected chi connectivity index (χ0v) is 20.6. The average molecular weight is 513 g/mol. The second-order valence-corrected chi connectivity index (χ2v) is 9.37. The Labute approximate surface area is 208 Å². The van der Waals surface area contributed by atoms with Crippen molar-refractivity contribution in [1.82, 2.24) is 5.43 Å². The van der Waals surface area contributed by atoms with E-state index in [4.69, 9.17) is 9.47 Å². The van der Waals surface area contributed by atoms with Gasteiger partial charge < -0.3 is 9.47 Å². The Hall–Kier alpha value is -4.45. The van der Waals surface area contributed by atoms with Crippen LogP contribution in [0.2, 0.25) is 0 Å². The molecule has 3 aromatic carbocycles. The average Bonchev–Trinajstić information content (AvgIpc) is 2.87. The number of benzene rings is 3. The van der Waals surface area contributed by atoms with Crippen LogP contribution in [0.25, 0.3) is 0 Å². The van der Waals surface area contributed by atoms with Crippen LogP contribution in [0.15, 0.2) is 76.7 Å². The molecule has 12 heteroatoms. The fourth-order valence-electron chi connectivity index (χ4n) is 3.15. The van der Waals surface area contributed by atoms with Crippen LogP contribution in [0.3, 0.4) is 0 Å². The first-order valence-electron chi connectivity index (χ1n) is 10.5. The molecule has 1 amide bonds. The number of carbonyl (C=O) groups excluding carboxylic acids is 1. The van der Waals surface area contributed by atoms with Gasteiger partial charge in [-0.2, -0.15) is 5.10 Å². The van der Waals surface area contributed by atoms with Gasteiger partial charge in [0, 0.05) is 18.2 Å². The van der Waals surface area contributed by atoms with E-state index in [2.05, 4.69) is 10.5 Å². The SMILES string of the molecule is COc1ccc(N(CC(=O)N/N=C\c2ccc([N+](=O)[O-])cc2)S(=O)(=O)c2ccc(C)cc2)c(OC)c1. The highest BCUT2D eigenvalue weighted by molar-refractivity contribution is 7.92. The molecule has 188 valence electrons. The predicted molar refractivity (Wildman–Crippen MR) is 134 cm³/mol. The molecule has 0 saturated carbocycles. The normalized spacial score (nSPS) is 11.2. The number of hydrazone groups is 1. The lowest BCUT2D eigenvalue weighted by atomic mass is 10.2. The number of rotatable bonds is 10. The molecule has 0 aromatic heterocycles. The van der Waals surface area contributed by atoms with E-state index in [-0.39, 0.29) is 22.0 Å². The number of non-ortho nitro benzene ring substituents is 1. The number of hydrogen-bond acceptors (Lipinski definition) is 8. The van der Waals surface area contributed by atoms with Gasteiger partial charge in [0.15, 0.2) is 0 Å². The first kappa shape index (κ1) is 26.2. The van der Waals surface area contributed by atoms with Gasteiger partial charge in [-0.25, -0.2) is 13.8 Å². The van der Waals surface area contributed by atoms with Crippen molar-refractivity contribution in [2.24, 2.45) is 5.10 Å². The van der Waals surface area contributed by atoms with E-state index < -0.39 is 27.4 Å². The highest BCUT2D eigenvalue weighted by atomic mass is 32.2. The Balaban J connectivity index is 1.89. The summed E-state index contributed by atoms with van der Waals surface area (Å²) in [6, 6.07) is 16.3. The highest BCUT2D eigenvalue weighted by Crippen LogP contribution is 2.35. The van der Waals surface area contributed by atoms with Crippen LogP contribution in [0.5, 0.6) is 11.5 Å². The number of nitro groups is 1. The maximum absolute atomic E-state index is 13.6. The van der Waals surface area contributed by atoms with E-state index in [0.717, 1.165) is 9.87 Å². The molecule has 0 saturated heterocycles. The minimum atomic E-state index is -4.17. The van der Waals surface area contributed by atoms with Crippen molar-refractivity contribution in [2.75, 3.05) is 25.1 Å². The Bertz CT molecular complexity index is 1370. The number of nitro benzene ring substituents is 1. The minimum absolute atomic E-state index is 0.00634. The monoisotopic (exact) mass is 512 g/mol. The van der Waals surface area contributed by atoms with E-state index in [0.29, 0.717) is 11.3 Å². The third-order valence-corrected chi connectivity index (χ3v) is 6.83. The molecule has 0 aliphatic heterocycles. The van der Waals surface area contributed by atoms with Gasteiger partial charge >= 0.3 is 0 Å². The zero-order chi connectivity index (χ0) is 26.3. The number of sulfonamides is 1. The van der Waals surface area contributed by atoms with E-state index in [9.17, 15) is 23.3 Å². The third kappa shape index (κ3) is 6.16. The van der Waals surface area contributed by atoms with Crippen molar-refractivity contribution in [1.29, 1.82) is 0 Å². The first-order valence-corrected chi connectivity index (χ1v) is 12.0. The van der Waals surface area contributed by atoms with Crippen molar-refractivity contribution in [3.63, 3.8) is 0 Å². The number of ether oxygens (including phenoxy) is 2. The van der Waals surface area contributed by atoms with E-state index in [1.807, 2.05) is 6.92 Å². The van der Waals surface area contributed by atoms with Crippen LogP contribution >= 0.6 is 0 Å². The van der Waals surface area contributed by atoms with Gasteiger partial charge in [0.05, 0.1) is 35.9 Å². The molecule has 0 aliphatic carbocycles. The molecular formula is C24H24N4O7S. The van der Waals surface area contributed by atoms with E-state index in [1.54, 1.807) is 18.2 Å². The molecule has 0 fully saturated rings. The fraction of sp³-hybridized carbons (Fsp3) is 0.167. The second kappa shape index (κ2) is 11.3. The molecule has 1 N–H and O–H groups in total. The van der Waals surface area contributed by atoms with Crippen molar-refractivity contribution in [2.45, 2.75) is 11.8 Å². The first-order chi connectivity index (χ1) is 17.1. The molecule has 0 bridgehead atoms. The number of nitrogens with one attached hydrogen (secondary N) is 1. The fourth-order valence-corrected chi connectivity index (χ4v) is 4.59. The van der Waals surface area contributed by atoms with Crippen LogP contribution in [0.1, 0.15) is 11.1 Å². The summed E-state index contributed by atoms with van der Waals surface area (Å²) in [4.78, 5) is 23.0. The Kier molecular flexibility index (Phi) is 8.22. The number of hydrogen-bond donors (Lipinski definition) is 1. The minimum Gasteiger partial charge on any atom is -0.497 e. The van der Waals surface area contributed by atoms with Gasteiger partial charge in [-0.15, -0.1) is 0 Å². The molecule has 0 spiro atoms. The largest absolute Gasteiger partial charge is 0.497 e. The molecule has 0 aliphatic rings. The number of amides is 1. The topological polar surface area (TPSA) is 140 Å². The van der Waals surface area contributed by atoms with Crippen molar-refractivity contribution < 1.29 is 27.6 Å². The highest BCUT2D eigenvalue weighted by Gasteiger charge is 2.29. The summed E-state index contributed by atoms with van der Waals surface area (Å²) in [6.07, 6.45) is 1.29. The molecule has 11 nitrogen and oxygen atoms in total. The molecule has 3 aromatic rings. The lowest BCUT2D eigenvalue weighted by molar-refractivity contribution is -0.384. The maximum atomic E-state index is 13.6. The van der Waals surface area contributed by atoms with Crippen LogP contribution < -0.4 is 19.2 Å². The molecule has 0 heterocycles. The van der Waals surface area contributed by atoms with Crippen molar-refractivity contribution >= 4 is 33.5 Å². The van der Waals surface area contributed by atoms with E-state index in [1.165, 1.54) is 69.0 Å². The van der Waals surface area contributed by atoms with Crippen LogP contribution in [0.4, 0.5) is 11.4 Å². The quantitative estimate of drug-likeness (QED) is 0.250. The second-order valence-electron chi connectivity index (χ2n) is 7.50. The summed E-state index contributed by atoms with van der Waals surface area (Å²) in [7, 11) is -1.33. The smallest absolute Gasteiger partial charge is 0.269 e. The van der Waals surface area contributed by atoms with Gasteiger partial charge in [-0.1, -0.05) is 17.7 Å². The third-order valence-electron chi connectivity index (χ3n) is 5.06. The van der Waals surface area contributed by atoms with Crippen LogP contribution in [0, 0.1) is 17.0 Å². The lowest BCUT2D eigenvalue weighted by Crippen LogP contribution is -2.39.